The fourth-order valence-corrected chi connectivity index (χ4v) is 3.09. The van der Waals surface area contributed by atoms with Gasteiger partial charge in [0, 0.05) is 6.54 Å². The topological polar surface area (TPSA) is 72.2 Å². The van der Waals surface area contributed by atoms with E-state index in [2.05, 4.69) is 4.98 Å². The van der Waals surface area contributed by atoms with Gasteiger partial charge in [-0.15, -0.1) is 0 Å². The van der Waals surface area contributed by atoms with Crippen molar-refractivity contribution in [1.82, 2.24) is 9.55 Å². The molecule has 26 heavy (non-hydrogen) atoms. The largest absolute Gasteiger partial charge is 0.478 e. The maximum Gasteiger partial charge on any atom is 0.335 e. The van der Waals surface area contributed by atoms with Gasteiger partial charge in [0.2, 0.25) is 0 Å². The lowest BCUT2D eigenvalue weighted by Crippen LogP contribution is -2.21. The van der Waals surface area contributed by atoms with E-state index < -0.39 is 17.6 Å². The van der Waals surface area contributed by atoms with Crippen LogP contribution in [0.2, 0.25) is 0 Å². The number of halogens is 2. The number of carbonyl (C=O) groups is 1. The zero-order valence-electron chi connectivity index (χ0n) is 13.4. The quantitative estimate of drug-likeness (QED) is 0.766. The van der Waals surface area contributed by atoms with Crippen LogP contribution >= 0.6 is 0 Å². The second kappa shape index (κ2) is 5.87. The number of nitrogens with zero attached hydrogens (tertiary/aromatic N) is 2. The number of aromatic carboxylic acids is 1. The number of carboxylic acids is 1. The zero-order chi connectivity index (χ0) is 18.4. The van der Waals surface area contributed by atoms with Gasteiger partial charge >= 0.3 is 5.97 Å². The van der Waals surface area contributed by atoms with Crippen molar-refractivity contribution in [1.29, 1.82) is 0 Å². The number of benzene rings is 2. The van der Waals surface area contributed by atoms with Crippen LogP contribution in [0.15, 0.2) is 41.2 Å². The molecule has 0 radical (unpaired) electrons. The van der Waals surface area contributed by atoms with Crippen molar-refractivity contribution in [2.75, 3.05) is 0 Å². The Bertz CT molecular complexity index is 1170. The molecule has 0 amide bonds. The first-order valence-corrected chi connectivity index (χ1v) is 7.88. The van der Waals surface area contributed by atoms with E-state index in [-0.39, 0.29) is 11.1 Å². The van der Waals surface area contributed by atoms with E-state index in [0.717, 1.165) is 12.1 Å². The van der Waals surface area contributed by atoms with Gasteiger partial charge in [0.25, 0.3) is 5.56 Å². The first kappa shape index (κ1) is 16.1. The minimum Gasteiger partial charge on any atom is -0.478 e. The Balaban J connectivity index is 1.88. The van der Waals surface area contributed by atoms with Crippen LogP contribution in [0, 0.1) is 11.6 Å². The second-order valence-corrected chi connectivity index (χ2v) is 6.02. The average molecular weight is 354 g/mol. The van der Waals surface area contributed by atoms with Gasteiger partial charge in [-0.25, -0.2) is 18.6 Å². The molecule has 0 aliphatic carbocycles. The monoisotopic (exact) mass is 354 g/mol. The van der Waals surface area contributed by atoms with Crippen LogP contribution in [0.25, 0.3) is 22.6 Å². The summed E-state index contributed by atoms with van der Waals surface area (Å²) in [4.78, 5) is 28.2. The Labute approximate surface area is 145 Å². The van der Waals surface area contributed by atoms with Crippen LogP contribution in [-0.4, -0.2) is 20.6 Å². The fourth-order valence-electron chi connectivity index (χ4n) is 3.09. The molecule has 0 spiro atoms. The highest BCUT2D eigenvalue weighted by atomic mass is 19.2. The highest BCUT2D eigenvalue weighted by molar-refractivity contribution is 5.93. The first-order valence-electron chi connectivity index (χ1n) is 7.88. The third-order valence-corrected chi connectivity index (χ3v) is 4.38. The summed E-state index contributed by atoms with van der Waals surface area (Å²) in [7, 11) is 0. The molecule has 2 heterocycles. The Hall–Kier alpha value is -3.35. The van der Waals surface area contributed by atoms with Crippen LogP contribution in [0.4, 0.5) is 8.78 Å². The van der Waals surface area contributed by atoms with Crippen molar-refractivity contribution < 1.29 is 18.7 Å². The smallest absolute Gasteiger partial charge is 0.335 e. The van der Waals surface area contributed by atoms with Gasteiger partial charge in [-0.05, 0) is 54.0 Å². The summed E-state index contributed by atoms with van der Waals surface area (Å²) in [6.45, 7) is 0.424. The van der Waals surface area contributed by atoms with Crippen LogP contribution in [-0.2, 0) is 6.54 Å². The molecule has 0 fully saturated rings. The standard InChI is InChI=1S/C19H12F2N2O3/c20-14-4-1-10(8-15(14)21)7-11-5-6-23-17(11)22-16-9-12(19(25)26)2-3-13(16)18(23)24/h1-4,7-9H,5-6H2,(H,25,26)/b11-7+. The molecule has 0 atom stereocenters. The predicted octanol–water partition coefficient (Wildman–Crippen LogP) is 3.32. The van der Waals surface area contributed by atoms with E-state index >= 15 is 0 Å². The van der Waals surface area contributed by atoms with Crippen molar-refractivity contribution in [2.45, 2.75) is 13.0 Å². The van der Waals surface area contributed by atoms with Crippen molar-refractivity contribution in [3.8, 4) is 0 Å². The molecule has 0 saturated carbocycles. The summed E-state index contributed by atoms with van der Waals surface area (Å²) in [5.74, 6) is -2.57. The van der Waals surface area contributed by atoms with Gasteiger partial charge in [0.05, 0.1) is 16.5 Å². The van der Waals surface area contributed by atoms with Gasteiger partial charge in [-0.3, -0.25) is 9.36 Å². The summed E-state index contributed by atoms with van der Waals surface area (Å²) >= 11 is 0. The molecule has 3 aromatic rings. The molecule has 5 nitrogen and oxygen atoms in total. The van der Waals surface area contributed by atoms with Gasteiger partial charge in [-0.2, -0.15) is 0 Å². The number of hydrogen-bond donors (Lipinski definition) is 1. The summed E-state index contributed by atoms with van der Waals surface area (Å²) in [5, 5.41) is 9.45. The Morgan fingerprint density at radius 3 is 2.69 bits per heavy atom. The number of aromatic nitrogens is 2. The second-order valence-electron chi connectivity index (χ2n) is 6.02. The lowest BCUT2D eigenvalue weighted by molar-refractivity contribution is 0.0697. The van der Waals surface area contributed by atoms with E-state index in [1.54, 1.807) is 6.08 Å². The fraction of sp³-hybridized carbons (Fsp3) is 0.105. The van der Waals surface area contributed by atoms with Crippen molar-refractivity contribution in [3.63, 3.8) is 0 Å². The number of allylic oxidation sites excluding steroid dienone is 1. The molecule has 2 aromatic carbocycles. The molecular formula is C19H12F2N2O3. The molecule has 0 saturated heterocycles. The minimum atomic E-state index is -1.10. The van der Waals surface area contributed by atoms with Crippen LogP contribution in [0.3, 0.4) is 0 Å². The predicted molar refractivity (Wildman–Crippen MR) is 91.8 cm³/mol. The molecule has 7 heteroatoms. The maximum atomic E-state index is 13.4. The van der Waals surface area contributed by atoms with Crippen molar-refractivity contribution >= 4 is 28.5 Å². The Morgan fingerprint density at radius 2 is 1.96 bits per heavy atom. The van der Waals surface area contributed by atoms with E-state index in [4.69, 9.17) is 5.11 Å². The van der Waals surface area contributed by atoms with Crippen LogP contribution in [0.1, 0.15) is 28.2 Å². The van der Waals surface area contributed by atoms with Crippen molar-refractivity contribution in [3.05, 3.63) is 75.3 Å². The highest BCUT2D eigenvalue weighted by Gasteiger charge is 2.21. The summed E-state index contributed by atoms with van der Waals surface area (Å²) in [6, 6.07) is 7.73. The normalized spacial score (nSPS) is 14.8. The minimum absolute atomic E-state index is 0.0403. The third-order valence-electron chi connectivity index (χ3n) is 4.38. The van der Waals surface area contributed by atoms with Gasteiger partial charge in [-0.1, -0.05) is 6.07 Å². The summed E-state index contributed by atoms with van der Waals surface area (Å²) in [6.07, 6.45) is 2.17. The van der Waals surface area contributed by atoms with Crippen molar-refractivity contribution in [2.24, 2.45) is 0 Å². The third kappa shape index (κ3) is 2.57. The molecule has 0 unspecified atom stereocenters. The SMILES string of the molecule is O=C(O)c1ccc2c(=O)n3c(nc2c1)/C(=C/c1ccc(F)c(F)c1)CC3. The highest BCUT2D eigenvalue weighted by Crippen LogP contribution is 2.28. The average Bonchev–Trinajstić information content (AvgIpc) is 3.01. The van der Waals surface area contributed by atoms with Gasteiger partial charge in [0.1, 0.15) is 5.82 Å². The molecule has 0 bridgehead atoms. The summed E-state index contributed by atoms with van der Waals surface area (Å²) in [5.41, 5.74) is 1.24. The molecular weight excluding hydrogens is 342 g/mol. The van der Waals surface area contributed by atoms with Crippen LogP contribution in [0.5, 0.6) is 0 Å². The molecule has 130 valence electrons. The molecule has 4 rings (SSSR count). The Morgan fingerprint density at radius 1 is 1.15 bits per heavy atom. The molecule has 1 aromatic heterocycles. The summed E-state index contributed by atoms with van der Waals surface area (Å²) < 4.78 is 28.0. The van der Waals surface area contributed by atoms with Gasteiger partial charge < -0.3 is 5.11 Å². The molecule has 1 N–H and O–H groups in total. The molecule has 1 aliphatic rings. The lowest BCUT2D eigenvalue weighted by Gasteiger charge is -2.06. The first-order chi connectivity index (χ1) is 12.4. The number of rotatable bonds is 2. The Kier molecular flexibility index (Phi) is 3.64. The lowest BCUT2D eigenvalue weighted by atomic mass is 10.1. The van der Waals surface area contributed by atoms with Crippen LogP contribution < -0.4 is 5.56 Å². The number of fused-ring (bicyclic) bond motifs is 2. The molecule has 1 aliphatic heterocycles. The van der Waals surface area contributed by atoms with Gasteiger partial charge in [0.15, 0.2) is 11.6 Å². The van der Waals surface area contributed by atoms with E-state index in [0.29, 0.717) is 40.8 Å². The van der Waals surface area contributed by atoms with E-state index in [1.807, 2.05) is 0 Å². The number of hydrogen-bond acceptors (Lipinski definition) is 3. The maximum absolute atomic E-state index is 13.4. The van der Waals surface area contributed by atoms with E-state index in [1.165, 1.54) is 28.8 Å². The zero-order valence-corrected chi connectivity index (χ0v) is 13.4. The van der Waals surface area contributed by atoms with E-state index in [9.17, 15) is 18.4 Å². The number of carboxylic acid groups (broad SMARTS) is 1.